The van der Waals surface area contributed by atoms with Crippen LogP contribution in [-0.4, -0.2) is 61.0 Å². The van der Waals surface area contributed by atoms with Crippen LogP contribution in [0.1, 0.15) is 19.4 Å². The summed E-state index contributed by atoms with van der Waals surface area (Å²) in [6.45, 7) is 3.14. The second kappa shape index (κ2) is 9.27. The number of methoxy groups -OCH3 is 1. The number of benzene rings is 2. The summed E-state index contributed by atoms with van der Waals surface area (Å²) in [6.07, 6.45) is -1.12. The molecule has 0 aromatic heterocycles. The lowest BCUT2D eigenvalue weighted by Gasteiger charge is -2.47. The summed E-state index contributed by atoms with van der Waals surface area (Å²) in [4.78, 5) is 27.0. The van der Waals surface area contributed by atoms with Crippen molar-refractivity contribution in [2.24, 2.45) is 5.41 Å². The Morgan fingerprint density at radius 3 is 2.34 bits per heavy atom. The van der Waals surface area contributed by atoms with E-state index in [0.29, 0.717) is 12.2 Å². The molecule has 3 rings (SSSR count). The van der Waals surface area contributed by atoms with Crippen molar-refractivity contribution >= 4 is 21.8 Å². The second-order valence-corrected chi connectivity index (χ2v) is 10.1. The molecule has 0 spiro atoms. The van der Waals surface area contributed by atoms with Crippen LogP contribution in [0.25, 0.3) is 0 Å². The maximum atomic E-state index is 13.5. The average molecular weight is 462 g/mol. The summed E-state index contributed by atoms with van der Waals surface area (Å²) in [5.74, 6) is -0.894. The molecule has 1 fully saturated rings. The quantitative estimate of drug-likeness (QED) is 0.478. The van der Waals surface area contributed by atoms with E-state index >= 15 is 0 Å². The van der Waals surface area contributed by atoms with Crippen LogP contribution in [0.5, 0.6) is 5.75 Å². The van der Waals surface area contributed by atoms with Gasteiger partial charge in [0.1, 0.15) is 5.75 Å². The molecule has 1 heterocycles. The molecule has 0 radical (unpaired) electrons. The lowest BCUT2D eigenvalue weighted by molar-refractivity contribution is -0.163. The lowest BCUT2D eigenvalue weighted by atomic mass is 9.88. The van der Waals surface area contributed by atoms with E-state index in [1.165, 1.54) is 41.8 Å². The topological polar surface area (TPSA) is 116 Å². The zero-order valence-corrected chi connectivity index (χ0v) is 19.0. The van der Waals surface area contributed by atoms with Gasteiger partial charge in [0.05, 0.1) is 17.4 Å². The number of hydrogen-bond donors (Lipinski definition) is 2. The normalized spacial score (nSPS) is 18.9. The van der Waals surface area contributed by atoms with Gasteiger partial charge in [-0.2, -0.15) is 4.31 Å². The smallest absolute Gasteiger partial charge is 0.282 e. The summed E-state index contributed by atoms with van der Waals surface area (Å²) in [6, 6.07) is 15.1. The van der Waals surface area contributed by atoms with E-state index in [2.05, 4.69) is 0 Å². The van der Waals surface area contributed by atoms with Gasteiger partial charge in [-0.15, -0.1) is 0 Å². The van der Waals surface area contributed by atoms with Crippen LogP contribution in [0, 0.1) is 5.41 Å². The Hall–Kier alpha value is -2.95. The van der Waals surface area contributed by atoms with Gasteiger partial charge in [-0.25, -0.2) is 13.9 Å². The summed E-state index contributed by atoms with van der Waals surface area (Å²) >= 11 is 0. The molecule has 1 aliphatic rings. The Labute approximate surface area is 187 Å². The van der Waals surface area contributed by atoms with Crippen LogP contribution in [0.2, 0.25) is 0 Å². The number of nitrogens with one attached hydrogen (secondary N) is 1. The number of carbonyl (C=O) groups excluding carboxylic acids is 2. The van der Waals surface area contributed by atoms with Crippen molar-refractivity contribution < 1.29 is 28.0 Å². The zero-order chi connectivity index (χ0) is 23.5. The van der Waals surface area contributed by atoms with E-state index in [-0.39, 0.29) is 23.9 Å². The molecule has 2 N–H and O–H groups in total. The number of hydroxylamine groups is 1. The largest absolute Gasteiger partial charge is 0.497 e. The Balaban J connectivity index is 2.02. The Morgan fingerprint density at radius 1 is 1.16 bits per heavy atom. The minimum atomic E-state index is -4.19. The number of rotatable bonds is 7. The standard InChI is InChI=1S/C22H27N3O6S/c1-22(2)15-25(32(29,30)18-11-9-17(31-3)10-12-18)20(19(26)23-28)24(21(22)27)14-13-16-7-5-4-6-8-16/h4-12,20,28H,13-15H2,1-3H3,(H,23,26). The molecule has 0 saturated carbocycles. The van der Waals surface area contributed by atoms with Crippen LogP contribution >= 0.6 is 0 Å². The van der Waals surface area contributed by atoms with E-state index < -0.39 is 27.5 Å². The van der Waals surface area contributed by atoms with Gasteiger partial charge in [-0.1, -0.05) is 30.3 Å². The average Bonchev–Trinajstić information content (AvgIpc) is 2.79. The summed E-state index contributed by atoms with van der Waals surface area (Å²) in [7, 11) is -2.72. The fourth-order valence-corrected chi connectivity index (χ4v) is 5.46. The van der Waals surface area contributed by atoms with Crippen molar-refractivity contribution in [1.29, 1.82) is 0 Å². The minimum Gasteiger partial charge on any atom is -0.497 e. The molecule has 9 nitrogen and oxygen atoms in total. The first-order valence-corrected chi connectivity index (χ1v) is 11.5. The molecule has 2 aromatic carbocycles. The van der Waals surface area contributed by atoms with Crippen LogP contribution in [-0.2, 0) is 26.0 Å². The molecular weight excluding hydrogens is 434 g/mol. The summed E-state index contributed by atoms with van der Waals surface area (Å²) in [5.41, 5.74) is 1.37. The van der Waals surface area contributed by atoms with Crippen molar-refractivity contribution in [1.82, 2.24) is 14.7 Å². The summed E-state index contributed by atoms with van der Waals surface area (Å²) < 4.78 is 33.1. The number of carbonyl (C=O) groups is 2. The van der Waals surface area contributed by atoms with Crippen LogP contribution < -0.4 is 10.2 Å². The lowest BCUT2D eigenvalue weighted by Crippen LogP contribution is -2.68. The van der Waals surface area contributed by atoms with Gasteiger partial charge in [0.15, 0.2) is 6.17 Å². The van der Waals surface area contributed by atoms with Gasteiger partial charge in [0.25, 0.3) is 5.91 Å². The highest BCUT2D eigenvalue weighted by atomic mass is 32.2. The third-order valence-corrected chi connectivity index (χ3v) is 7.27. The molecule has 32 heavy (non-hydrogen) atoms. The molecule has 1 saturated heterocycles. The molecule has 2 aromatic rings. The Morgan fingerprint density at radius 2 is 1.78 bits per heavy atom. The van der Waals surface area contributed by atoms with E-state index in [4.69, 9.17) is 4.74 Å². The van der Waals surface area contributed by atoms with Crippen molar-refractivity contribution in [3.63, 3.8) is 0 Å². The molecule has 1 unspecified atom stereocenters. The Bertz CT molecular complexity index is 1070. The molecule has 172 valence electrons. The van der Waals surface area contributed by atoms with Gasteiger partial charge in [-0.05, 0) is 50.1 Å². The molecular formula is C22H27N3O6S. The first kappa shape index (κ1) is 23.7. The first-order valence-electron chi connectivity index (χ1n) is 10.1. The third kappa shape index (κ3) is 4.62. The van der Waals surface area contributed by atoms with Crippen molar-refractivity contribution in [3.8, 4) is 5.75 Å². The Kier molecular flexibility index (Phi) is 6.87. The predicted molar refractivity (Wildman–Crippen MR) is 116 cm³/mol. The number of hydrogen-bond acceptors (Lipinski definition) is 6. The van der Waals surface area contributed by atoms with Crippen LogP contribution in [0.15, 0.2) is 59.5 Å². The molecule has 10 heteroatoms. The van der Waals surface area contributed by atoms with Gasteiger partial charge < -0.3 is 9.64 Å². The fourth-order valence-electron chi connectivity index (χ4n) is 3.75. The van der Waals surface area contributed by atoms with E-state index in [0.717, 1.165) is 9.87 Å². The molecule has 0 aliphatic carbocycles. The second-order valence-electron chi connectivity index (χ2n) is 8.19. The third-order valence-electron chi connectivity index (χ3n) is 5.45. The molecule has 1 aliphatic heterocycles. The van der Waals surface area contributed by atoms with Crippen LogP contribution in [0.3, 0.4) is 0 Å². The zero-order valence-electron chi connectivity index (χ0n) is 18.2. The highest BCUT2D eigenvalue weighted by Gasteiger charge is 2.52. The van der Waals surface area contributed by atoms with Gasteiger partial charge in [0, 0.05) is 13.1 Å². The van der Waals surface area contributed by atoms with Crippen molar-refractivity contribution in [2.75, 3.05) is 20.2 Å². The highest BCUT2D eigenvalue weighted by molar-refractivity contribution is 7.89. The minimum absolute atomic E-state index is 0.0535. The maximum absolute atomic E-state index is 13.5. The molecule has 2 amide bonds. The van der Waals surface area contributed by atoms with E-state index in [1.54, 1.807) is 13.8 Å². The monoisotopic (exact) mass is 461 g/mol. The highest BCUT2D eigenvalue weighted by Crippen LogP contribution is 2.34. The van der Waals surface area contributed by atoms with Crippen LogP contribution in [0.4, 0.5) is 0 Å². The predicted octanol–water partition coefficient (Wildman–Crippen LogP) is 1.63. The number of amides is 2. The van der Waals surface area contributed by atoms with Crippen molar-refractivity contribution in [3.05, 3.63) is 60.2 Å². The number of nitrogens with zero attached hydrogens (tertiary/aromatic N) is 2. The molecule has 1 atom stereocenters. The first-order chi connectivity index (χ1) is 15.1. The van der Waals surface area contributed by atoms with Gasteiger partial charge >= 0.3 is 0 Å². The molecule has 0 bridgehead atoms. The fraction of sp³-hybridized carbons (Fsp3) is 0.364. The summed E-state index contributed by atoms with van der Waals surface area (Å²) in [5, 5.41) is 9.35. The number of ether oxygens (including phenoxy) is 1. The van der Waals surface area contributed by atoms with E-state index in [9.17, 15) is 23.2 Å². The van der Waals surface area contributed by atoms with Gasteiger partial charge in [0.2, 0.25) is 15.9 Å². The van der Waals surface area contributed by atoms with Crippen molar-refractivity contribution in [2.45, 2.75) is 31.3 Å². The SMILES string of the molecule is COc1ccc(S(=O)(=O)N2CC(C)(C)C(=O)N(CCc3ccccc3)C2C(=O)NO)cc1. The number of sulfonamides is 1. The van der Waals surface area contributed by atoms with E-state index in [1.807, 2.05) is 30.3 Å². The van der Waals surface area contributed by atoms with Gasteiger partial charge in [-0.3, -0.25) is 14.8 Å². The maximum Gasteiger partial charge on any atom is 0.282 e.